The van der Waals surface area contributed by atoms with E-state index in [4.69, 9.17) is 0 Å². The van der Waals surface area contributed by atoms with Crippen molar-refractivity contribution in [3.05, 3.63) is 17.5 Å². The minimum Gasteiger partial charge on any atom is -0.426 e. The summed E-state index contributed by atoms with van der Waals surface area (Å²) in [4.78, 5) is 12.4. The van der Waals surface area contributed by atoms with Crippen LogP contribution in [0.3, 0.4) is 0 Å². The number of hydrogen-bond acceptors (Lipinski definition) is 4. The van der Waals surface area contributed by atoms with Crippen LogP contribution >= 0.6 is 0 Å². The van der Waals surface area contributed by atoms with Crippen LogP contribution in [0, 0.1) is 5.92 Å². The van der Waals surface area contributed by atoms with Gasteiger partial charge in [-0.2, -0.15) is 5.10 Å². The van der Waals surface area contributed by atoms with Gasteiger partial charge in [0.05, 0.1) is 5.94 Å². The van der Waals surface area contributed by atoms with Gasteiger partial charge >= 0.3 is 7.12 Å². The van der Waals surface area contributed by atoms with Crippen LogP contribution in [0.5, 0.6) is 0 Å². The Bertz CT molecular complexity index is 525. The third-order valence-corrected chi connectivity index (χ3v) is 4.57. The Morgan fingerprint density at radius 1 is 1.39 bits per heavy atom. The number of aromatic nitrogens is 2. The van der Waals surface area contributed by atoms with Crippen molar-refractivity contribution in [2.75, 3.05) is 0 Å². The van der Waals surface area contributed by atoms with Crippen LogP contribution < -0.4 is 5.32 Å². The van der Waals surface area contributed by atoms with Gasteiger partial charge in [-0.15, -0.1) is 0 Å². The fraction of sp³-hybridized carbons (Fsp3) is 0.750. The molecule has 0 unspecified atom stereocenters. The van der Waals surface area contributed by atoms with Gasteiger partial charge in [0.1, 0.15) is 5.69 Å². The number of nitrogens with zero attached hydrogens (tertiary/aromatic N) is 2. The molecule has 1 aromatic rings. The molecule has 3 N–H and O–H groups in total. The first-order valence-corrected chi connectivity index (χ1v) is 8.59. The maximum absolute atomic E-state index is 12.4. The van der Waals surface area contributed by atoms with Crippen LogP contribution in [0.15, 0.2) is 6.07 Å². The maximum Gasteiger partial charge on any atom is 0.475 e. The molecule has 0 radical (unpaired) electrons. The smallest absolute Gasteiger partial charge is 0.426 e. The summed E-state index contributed by atoms with van der Waals surface area (Å²) < 4.78 is 1.79. The van der Waals surface area contributed by atoms with Gasteiger partial charge in [-0.05, 0) is 31.2 Å². The number of nitrogens with one attached hydrogen (secondary N) is 1. The van der Waals surface area contributed by atoms with Crippen LogP contribution in [0.1, 0.15) is 74.5 Å². The summed E-state index contributed by atoms with van der Waals surface area (Å²) >= 11 is 0. The van der Waals surface area contributed by atoms with Crippen LogP contribution in [0.2, 0.25) is 0 Å². The fourth-order valence-electron chi connectivity index (χ4n) is 3.38. The molecule has 6 nitrogen and oxygen atoms in total. The Morgan fingerprint density at radius 3 is 2.61 bits per heavy atom. The quantitative estimate of drug-likeness (QED) is 0.695. The fourth-order valence-corrected chi connectivity index (χ4v) is 3.38. The molecule has 2 rings (SSSR count). The highest BCUT2D eigenvalue weighted by atomic mass is 16.4. The molecule has 1 atom stereocenters. The molecular weight excluding hydrogens is 293 g/mol. The van der Waals surface area contributed by atoms with Crippen molar-refractivity contribution in [2.45, 2.75) is 64.2 Å². The van der Waals surface area contributed by atoms with Gasteiger partial charge < -0.3 is 15.4 Å². The van der Waals surface area contributed by atoms with Crippen molar-refractivity contribution >= 4 is 13.0 Å². The van der Waals surface area contributed by atoms with E-state index in [2.05, 4.69) is 10.4 Å². The molecule has 0 bridgehead atoms. The zero-order valence-corrected chi connectivity index (χ0v) is 14.3. The largest absolute Gasteiger partial charge is 0.475 e. The Morgan fingerprint density at radius 2 is 2.04 bits per heavy atom. The van der Waals surface area contributed by atoms with Crippen molar-refractivity contribution in [3.8, 4) is 0 Å². The average molecular weight is 321 g/mol. The third-order valence-electron chi connectivity index (χ3n) is 4.57. The second-order valence-electron chi connectivity index (χ2n) is 7.04. The van der Waals surface area contributed by atoms with Crippen molar-refractivity contribution < 1.29 is 14.8 Å². The Hall–Kier alpha value is -1.34. The van der Waals surface area contributed by atoms with Crippen molar-refractivity contribution in [2.24, 2.45) is 13.0 Å². The zero-order chi connectivity index (χ0) is 17.0. The Kier molecular flexibility index (Phi) is 6.24. The number of carbonyl (C=O) groups is 1. The minimum absolute atomic E-state index is 0.253. The maximum atomic E-state index is 12.4. The first kappa shape index (κ1) is 18.0. The average Bonchev–Trinajstić information content (AvgIpc) is 2.89. The van der Waals surface area contributed by atoms with Crippen LogP contribution in [0.25, 0.3) is 0 Å². The normalized spacial score (nSPS) is 17.3. The van der Waals surface area contributed by atoms with E-state index in [9.17, 15) is 14.8 Å². The molecular formula is C16H28BN3O3. The lowest BCUT2D eigenvalue weighted by Gasteiger charge is -2.21. The van der Waals surface area contributed by atoms with Crippen LogP contribution in [-0.2, 0) is 7.05 Å². The Balaban J connectivity index is 2.07. The van der Waals surface area contributed by atoms with Crippen molar-refractivity contribution in [1.82, 2.24) is 15.1 Å². The molecule has 0 aromatic carbocycles. The number of carbonyl (C=O) groups excluding carboxylic acids is 1. The molecule has 1 aliphatic rings. The van der Waals surface area contributed by atoms with E-state index in [1.165, 1.54) is 19.3 Å². The van der Waals surface area contributed by atoms with Gasteiger partial charge in [-0.1, -0.05) is 33.1 Å². The molecule has 7 heteroatoms. The van der Waals surface area contributed by atoms with E-state index in [-0.39, 0.29) is 11.8 Å². The second-order valence-corrected chi connectivity index (χ2v) is 7.04. The Labute approximate surface area is 138 Å². The zero-order valence-electron chi connectivity index (χ0n) is 14.3. The first-order valence-electron chi connectivity index (χ1n) is 8.59. The minimum atomic E-state index is -1.57. The lowest BCUT2D eigenvalue weighted by Crippen LogP contribution is -2.47. The van der Waals surface area contributed by atoms with Gasteiger partial charge in [0, 0.05) is 18.7 Å². The summed E-state index contributed by atoms with van der Waals surface area (Å²) in [6.45, 7) is 3.95. The summed E-state index contributed by atoms with van der Waals surface area (Å²) in [6.07, 6.45) is 6.53. The lowest BCUT2D eigenvalue weighted by molar-refractivity contribution is 0.0932. The standard InChI is InChI=1S/C16H28BN3O3/c1-11(2)9-15(17(22)23)18-16(21)13-10-14(20(3)19-13)12-7-5-4-6-8-12/h10-12,15,22-23H,4-9H2,1-3H3,(H,18,21)/t15-/m0/s1. The molecule has 0 aliphatic heterocycles. The SMILES string of the molecule is CC(C)C[C@H](NC(=O)c1cc(C2CCCCC2)n(C)n1)B(O)O. The number of amides is 1. The molecule has 1 aliphatic carbocycles. The molecule has 1 heterocycles. The molecule has 128 valence electrons. The molecule has 23 heavy (non-hydrogen) atoms. The van der Waals surface area contributed by atoms with E-state index < -0.39 is 13.1 Å². The molecule has 0 saturated heterocycles. The predicted molar refractivity (Wildman–Crippen MR) is 89.9 cm³/mol. The van der Waals surface area contributed by atoms with E-state index >= 15 is 0 Å². The summed E-state index contributed by atoms with van der Waals surface area (Å²) in [5.41, 5.74) is 1.45. The summed E-state index contributed by atoms with van der Waals surface area (Å²) in [5, 5.41) is 25.9. The monoisotopic (exact) mass is 321 g/mol. The van der Waals surface area contributed by atoms with Gasteiger partial charge in [-0.3, -0.25) is 9.48 Å². The van der Waals surface area contributed by atoms with Gasteiger partial charge in [-0.25, -0.2) is 0 Å². The van der Waals surface area contributed by atoms with Crippen LogP contribution in [0.4, 0.5) is 0 Å². The highest BCUT2D eigenvalue weighted by Crippen LogP contribution is 2.32. The number of aryl methyl sites for hydroxylation is 1. The van der Waals surface area contributed by atoms with E-state index in [1.54, 1.807) is 4.68 Å². The van der Waals surface area contributed by atoms with Gasteiger partial charge in [0.15, 0.2) is 0 Å². The molecule has 1 amide bonds. The topological polar surface area (TPSA) is 87.4 Å². The van der Waals surface area contributed by atoms with E-state index in [0.717, 1.165) is 18.5 Å². The molecule has 1 aromatic heterocycles. The summed E-state index contributed by atoms with van der Waals surface area (Å²) in [5.74, 6) is -0.301. The highest BCUT2D eigenvalue weighted by Gasteiger charge is 2.28. The number of rotatable bonds is 6. The van der Waals surface area contributed by atoms with Crippen molar-refractivity contribution in [3.63, 3.8) is 0 Å². The van der Waals surface area contributed by atoms with Gasteiger partial charge in [0.25, 0.3) is 5.91 Å². The van der Waals surface area contributed by atoms with E-state index in [1.807, 2.05) is 27.0 Å². The number of hydrogen-bond donors (Lipinski definition) is 3. The third kappa shape index (κ3) is 4.82. The second kappa shape index (κ2) is 7.97. The first-order chi connectivity index (χ1) is 10.9. The van der Waals surface area contributed by atoms with E-state index in [0.29, 0.717) is 18.0 Å². The molecule has 0 spiro atoms. The highest BCUT2D eigenvalue weighted by molar-refractivity contribution is 6.43. The van der Waals surface area contributed by atoms with Crippen molar-refractivity contribution in [1.29, 1.82) is 0 Å². The van der Waals surface area contributed by atoms with Crippen LogP contribution in [-0.4, -0.2) is 38.8 Å². The molecule has 1 saturated carbocycles. The summed E-state index contributed by atoms with van der Waals surface area (Å²) in [6, 6.07) is 1.85. The van der Waals surface area contributed by atoms with Gasteiger partial charge in [0.2, 0.25) is 0 Å². The predicted octanol–water partition coefficient (Wildman–Crippen LogP) is 1.62. The summed E-state index contributed by atoms with van der Waals surface area (Å²) in [7, 11) is 0.301. The lowest BCUT2D eigenvalue weighted by atomic mass is 9.75. The molecule has 1 fully saturated rings.